The van der Waals surface area contributed by atoms with E-state index in [-0.39, 0.29) is 22.9 Å². The second-order valence-electron chi connectivity index (χ2n) is 8.65. The zero-order valence-electron chi connectivity index (χ0n) is 16.4. The Hall–Kier alpha value is -2.41. The van der Waals surface area contributed by atoms with Crippen LogP contribution in [0.4, 0.5) is 4.39 Å². The van der Waals surface area contributed by atoms with Crippen LogP contribution in [0.3, 0.4) is 0 Å². The summed E-state index contributed by atoms with van der Waals surface area (Å²) in [6, 6.07) is 1.75. The summed E-state index contributed by atoms with van der Waals surface area (Å²) in [5.74, 6) is -0.810. The molecule has 2 aromatic rings. The molecule has 154 valence electrons. The van der Waals surface area contributed by atoms with Gasteiger partial charge < -0.3 is 19.7 Å². The number of ether oxygens (including phenoxy) is 1. The number of hydrogen-bond donors (Lipinski definition) is 2. The van der Waals surface area contributed by atoms with Gasteiger partial charge >= 0.3 is 5.97 Å². The fourth-order valence-electron chi connectivity index (χ4n) is 5.43. The molecule has 5 rings (SSSR count). The van der Waals surface area contributed by atoms with Crippen LogP contribution in [0.5, 0.6) is 5.75 Å². The van der Waals surface area contributed by atoms with Crippen LogP contribution in [0.2, 0.25) is 0 Å². The summed E-state index contributed by atoms with van der Waals surface area (Å²) in [7, 11) is 1.50. The van der Waals surface area contributed by atoms with Crippen LogP contribution in [0.1, 0.15) is 66.4 Å². The van der Waals surface area contributed by atoms with E-state index < -0.39 is 17.2 Å². The number of aromatic carboxylic acids is 1. The maximum Gasteiger partial charge on any atom is 0.341 e. The number of carboxylic acid groups (broad SMARTS) is 1. The summed E-state index contributed by atoms with van der Waals surface area (Å²) >= 11 is 0. The Bertz CT molecular complexity index is 1050. The Morgan fingerprint density at radius 1 is 1.31 bits per heavy atom. The van der Waals surface area contributed by atoms with Gasteiger partial charge in [-0.2, -0.15) is 0 Å². The number of piperidine rings is 1. The minimum absolute atomic E-state index is 0.0249. The predicted molar refractivity (Wildman–Crippen MR) is 106 cm³/mol. The number of carbonyl (C=O) groups is 1. The van der Waals surface area contributed by atoms with Crippen LogP contribution >= 0.6 is 0 Å². The Kier molecular flexibility index (Phi) is 4.38. The molecule has 2 N–H and O–H groups in total. The van der Waals surface area contributed by atoms with Crippen molar-refractivity contribution in [2.45, 2.75) is 56.5 Å². The van der Waals surface area contributed by atoms with Crippen LogP contribution in [0.15, 0.2) is 17.1 Å². The van der Waals surface area contributed by atoms with Crippen LogP contribution in [-0.2, 0) is 0 Å². The Morgan fingerprint density at radius 2 is 2.10 bits per heavy atom. The lowest BCUT2D eigenvalue weighted by Gasteiger charge is -2.25. The quantitative estimate of drug-likeness (QED) is 0.822. The molecule has 3 atom stereocenters. The number of fused-ring (bicyclic) bond motifs is 2. The molecule has 2 aliphatic carbocycles. The van der Waals surface area contributed by atoms with Crippen molar-refractivity contribution in [1.29, 1.82) is 0 Å². The minimum atomic E-state index is -1.29. The Labute approximate surface area is 167 Å². The lowest BCUT2D eigenvalue weighted by Crippen LogP contribution is -2.37. The lowest BCUT2D eigenvalue weighted by atomic mass is 9.91. The van der Waals surface area contributed by atoms with Crippen LogP contribution in [-0.4, -0.2) is 35.3 Å². The van der Waals surface area contributed by atoms with Crippen molar-refractivity contribution in [3.63, 3.8) is 0 Å². The second-order valence-corrected chi connectivity index (χ2v) is 8.65. The molecule has 1 aliphatic heterocycles. The van der Waals surface area contributed by atoms with Gasteiger partial charge in [0.05, 0.1) is 18.0 Å². The van der Waals surface area contributed by atoms with E-state index in [2.05, 4.69) is 5.32 Å². The number of nitrogens with zero attached hydrogens (tertiary/aromatic N) is 1. The molecule has 3 fully saturated rings. The normalized spacial score (nSPS) is 26.5. The third kappa shape index (κ3) is 2.94. The van der Waals surface area contributed by atoms with Gasteiger partial charge in [0, 0.05) is 23.8 Å². The molecule has 6 nitrogen and oxygen atoms in total. The zero-order valence-corrected chi connectivity index (χ0v) is 16.4. The van der Waals surface area contributed by atoms with Crippen molar-refractivity contribution >= 4 is 16.9 Å². The van der Waals surface area contributed by atoms with Gasteiger partial charge in [-0.25, -0.2) is 9.18 Å². The van der Waals surface area contributed by atoms with Crippen LogP contribution < -0.4 is 15.5 Å². The molecule has 0 bridgehead atoms. The molecular formula is C22H25FN2O4. The summed E-state index contributed by atoms with van der Waals surface area (Å²) in [5, 5.41) is 13.1. The number of methoxy groups -OCH3 is 1. The number of carboxylic acids is 1. The Morgan fingerprint density at radius 3 is 2.76 bits per heavy atom. The van der Waals surface area contributed by atoms with Crippen LogP contribution in [0.25, 0.3) is 10.9 Å². The second kappa shape index (κ2) is 6.83. The first-order valence-corrected chi connectivity index (χ1v) is 10.4. The molecule has 1 aromatic heterocycles. The van der Waals surface area contributed by atoms with E-state index in [1.165, 1.54) is 19.4 Å². The van der Waals surface area contributed by atoms with E-state index in [1.54, 1.807) is 0 Å². The van der Waals surface area contributed by atoms with Crippen LogP contribution in [0, 0.1) is 11.7 Å². The summed E-state index contributed by atoms with van der Waals surface area (Å²) in [4.78, 5) is 24.4. The van der Waals surface area contributed by atoms with E-state index in [0.29, 0.717) is 28.8 Å². The largest absolute Gasteiger partial charge is 0.494 e. The fourth-order valence-corrected chi connectivity index (χ4v) is 5.43. The summed E-state index contributed by atoms with van der Waals surface area (Å²) in [6.07, 6.45) is 7.27. The summed E-state index contributed by atoms with van der Waals surface area (Å²) in [6.45, 7) is 1.00. The maximum atomic E-state index is 15.4. The molecule has 0 amide bonds. The van der Waals surface area contributed by atoms with E-state index >= 15 is 4.39 Å². The number of rotatable bonds is 4. The highest BCUT2D eigenvalue weighted by Crippen LogP contribution is 2.48. The van der Waals surface area contributed by atoms with Crippen molar-refractivity contribution in [2.75, 3.05) is 13.7 Å². The van der Waals surface area contributed by atoms with Gasteiger partial charge in [0.25, 0.3) is 0 Å². The first kappa shape index (κ1) is 18.6. The molecule has 2 heterocycles. The lowest BCUT2D eigenvalue weighted by molar-refractivity contribution is 0.0695. The van der Waals surface area contributed by atoms with Gasteiger partial charge in [-0.1, -0.05) is 0 Å². The van der Waals surface area contributed by atoms with Gasteiger partial charge in [-0.3, -0.25) is 4.79 Å². The van der Waals surface area contributed by atoms with Gasteiger partial charge in [0.15, 0.2) is 0 Å². The molecule has 7 heteroatoms. The fraction of sp³-hybridized carbons (Fsp3) is 0.545. The number of pyridine rings is 1. The number of benzene rings is 1. The molecule has 2 saturated carbocycles. The van der Waals surface area contributed by atoms with Gasteiger partial charge in [0.2, 0.25) is 5.43 Å². The SMILES string of the molecule is COc1c(C2CC3CCCNC3C2)c(F)cc2c(=O)c(C(=O)O)cn(C3CC3)c12. The topological polar surface area (TPSA) is 80.6 Å². The smallest absolute Gasteiger partial charge is 0.341 e. The molecule has 0 radical (unpaired) electrons. The predicted octanol–water partition coefficient (Wildman–Crippen LogP) is 3.43. The molecule has 29 heavy (non-hydrogen) atoms. The molecule has 1 saturated heterocycles. The average molecular weight is 400 g/mol. The number of nitrogens with one attached hydrogen (secondary N) is 1. The molecule has 0 spiro atoms. The van der Waals surface area contributed by atoms with Gasteiger partial charge in [-0.15, -0.1) is 0 Å². The standard InChI is InChI=1S/C22H25FN2O4/c1-29-21-18(12-7-11-3-2-6-24-17(11)8-12)16(23)9-14-19(21)25(13-4-5-13)10-15(20(14)26)22(27)28/h9-13,17,24H,2-8H2,1H3,(H,27,28). The Balaban J connectivity index is 1.73. The maximum absolute atomic E-state index is 15.4. The summed E-state index contributed by atoms with van der Waals surface area (Å²) in [5.41, 5.74) is 0.0851. The van der Waals surface area contributed by atoms with Crippen molar-refractivity contribution in [1.82, 2.24) is 9.88 Å². The summed E-state index contributed by atoms with van der Waals surface area (Å²) < 4.78 is 22.9. The highest BCUT2D eigenvalue weighted by Gasteiger charge is 2.39. The first-order chi connectivity index (χ1) is 14.0. The molecule has 3 unspecified atom stereocenters. The number of aromatic nitrogens is 1. The highest BCUT2D eigenvalue weighted by atomic mass is 19.1. The third-order valence-corrected chi connectivity index (χ3v) is 6.89. The van der Waals surface area contributed by atoms with Crippen molar-refractivity contribution < 1.29 is 19.0 Å². The van der Waals surface area contributed by atoms with Crippen molar-refractivity contribution in [3.05, 3.63) is 39.4 Å². The molecule has 1 aromatic carbocycles. The van der Waals surface area contributed by atoms with Gasteiger partial charge in [0.1, 0.15) is 17.1 Å². The van der Waals surface area contributed by atoms with E-state index in [0.717, 1.165) is 45.1 Å². The average Bonchev–Trinajstić information content (AvgIpc) is 3.45. The zero-order chi connectivity index (χ0) is 20.3. The monoisotopic (exact) mass is 400 g/mol. The first-order valence-electron chi connectivity index (χ1n) is 10.4. The number of halogens is 1. The molecule has 3 aliphatic rings. The number of hydrogen-bond acceptors (Lipinski definition) is 4. The minimum Gasteiger partial charge on any atom is -0.494 e. The third-order valence-electron chi connectivity index (χ3n) is 6.89. The van der Waals surface area contributed by atoms with E-state index in [4.69, 9.17) is 4.74 Å². The molecular weight excluding hydrogens is 375 g/mol. The van der Waals surface area contributed by atoms with Gasteiger partial charge in [-0.05, 0) is 63.0 Å². The van der Waals surface area contributed by atoms with E-state index in [1.807, 2.05) is 4.57 Å². The van der Waals surface area contributed by atoms with Crippen molar-refractivity contribution in [3.8, 4) is 5.75 Å². The van der Waals surface area contributed by atoms with E-state index in [9.17, 15) is 14.7 Å². The van der Waals surface area contributed by atoms with Crippen molar-refractivity contribution in [2.24, 2.45) is 5.92 Å². The highest BCUT2D eigenvalue weighted by molar-refractivity contribution is 5.95.